The molecule has 1 aliphatic heterocycles. The third-order valence-electron chi connectivity index (χ3n) is 3.99. The summed E-state index contributed by atoms with van der Waals surface area (Å²) < 4.78 is 11.4. The molecular weight excluding hydrogens is 312 g/mol. The average Bonchev–Trinajstić information content (AvgIpc) is 2.77. The summed E-state index contributed by atoms with van der Waals surface area (Å²) in [5.74, 6) is -1.27. The largest absolute Gasteiger partial charge is 0.393 e. The van der Waals surface area contributed by atoms with Gasteiger partial charge in [0.15, 0.2) is 11.8 Å². The highest BCUT2D eigenvalue weighted by atomic mass is 16.6. The second-order valence-electron chi connectivity index (χ2n) is 5.14. The first kappa shape index (κ1) is 17.3. The van der Waals surface area contributed by atoms with Crippen molar-refractivity contribution in [1.29, 1.82) is 0 Å². The predicted octanol–water partition coefficient (Wildman–Crippen LogP) is -3.69. The van der Waals surface area contributed by atoms with Crippen molar-refractivity contribution in [1.82, 2.24) is 9.55 Å². The molecule has 1 aliphatic rings. The molecule has 0 aromatic carbocycles. The Hall–Kier alpha value is -2.05. The summed E-state index contributed by atoms with van der Waals surface area (Å²) in [5, 5.41) is 29.8. The summed E-state index contributed by atoms with van der Waals surface area (Å²) in [7, 11) is 1.17. The molecule has 1 fully saturated rings. The number of aliphatic hydroxyl groups excluding tert-OH is 2. The molecule has 1 aromatic heterocycles. The van der Waals surface area contributed by atoms with Crippen LogP contribution in [0.4, 0.5) is 5.82 Å². The monoisotopic (exact) mass is 330 g/mol. The zero-order valence-electron chi connectivity index (χ0n) is 12.2. The van der Waals surface area contributed by atoms with E-state index in [1.807, 2.05) is 0 Å². The molecule has 1 amide bonds. The summed E-state index contributed by atoms with van der Waals surface area (Å²) >= 11 is 0. The number of nitrogens with two attached hydrogens (primary N) is 2. The molecule has 1 aromatic rings. The summed E-state index contributed by atoms with van der Waals surface area (Å²) in [5.41, 5.74) is 5.05. The lowest BCUT2D eigenvalue weighted by Gasteiger charge is -2.37. The van der Waals surface area contributed by atoms with E-state index < -0.39 is 48.3 Å². The van der Waals surface area contributed by atoms with Crippen LogP contribution in [0.3, 0.4) is 0 Å². The zero-order valence-corrected chi connectivity index (χ0v) is 12.2. The Morgan fingerprint density at radius 2 is 2.17 bits per heavy atom. The van der Waals surface area contributed by atoms with Gasteiger partial charge < -0.3 is 36.3 Å². The quantitative estimate of drug-likeness (QED) is 0.362. The van der Waals surface area contributed by atoms with Gasteiger partial charge >= 0.3 is 5.69 Å². The van der Waals surface area contributed by atoms with Crippen molar-refractivity contribution >= 4 is 11.7 Å². The average molecular weight is 330 g/mol. The van der Waals surface area contributed by atoms with Gasteiger partial charge in [0.2, 0.25) is 5.60 Å². The minimum atomic E-state index is -2.38. The van der Waals surface area contributed by atoms with Gasteiger partial charge in [0.05, 0.1) is 13.2 Å². The molecule has 0 unspecified atom stereocenters. The number of nitrogens with zero attached hydrogens (tertiary/aromatic N) is 2. The Labute approximate surface area is 130 Å². The van der Waals surface area contributed by atoms with Crippen LogP contribution in [0.15, 0.2) is 17.1 Å². The van der Waals surface area contributed by atoms with Crippen molar-refractivity contribution in [3.05, 3.63) is 22.7 Å². The second kappa shape index (κ2) is 5.86. The van der Waals surface area contributed by atoms with E-state index in [4.69, 9.17) is 20.9 Å². The van der Waals surface area contributed by atoms with Gasteiger partial charge in [-0.05, 0) is 6.07 Å². The van der Waals surface area contributed by atoms with E-state index in [1.165, 1.54) is 19.4 Å². The lowest BCUT2D eigenvalue weighted by molar-refractivity contribution is -0.191. The first-order valence-electron chi connectivity index (χ1n) is 6.56. The Balaban J connectivity index is 2.63. The number of rotatable bonds is 5. The van der Waals surface area contributed by atoms with Gasteiger partial charge in [-0.25, -0.2) is 4.79 Å². The lowest BCUT2D eigenvalue weighted by Crippen LogP contribution is -2.67. The van der Waals surface area contributed by atoms with Crippen LogP contribution in [0.25, 0.3) is 0 Å². The van der Waals surface area contributed by atoms with Crippen LogP contribution in [0.2, 0.25) is 0 Å². The molecule has 11 nitrogen and oxygen atoms in total. The fourth-order valence-electron chi connectivity index (χ4n) is 2.71. The van der Waals surface area contributed by atoms with E-state index in [9.17, 15) is 24.9 Å². The molecule has 0 saturated carbocycles. The minimum absolute atomic E-state index is 0.0426. The number of ether oxygens (including phenoxy) is 2. The Morgan fingerprint density at radius 3 is 2.61 bits per heavy atom. The first-order chi connectivity index (χ1) is 10.8. The van der Waals surface area contributed by atoms with Gasteiger partial charge in [-0.3, -0.25) is 9.36 Å². The number of primary amides is 1. The number of nitrogen functional groups attached to an aromatic ring is 1. The third-order valence-corrected chi connectivity index (χ3v) is 3.99. The van der Waals surface area contributed by atoms with Crippen molar-refractivity contribution in [2.24, 2.45) is 5.73 Å². The van der Waals surface area contributed by atoms with Crippen LogP contribution in [-0.4, -0.2) is 68.4 Å². The van der Waals surface area contributed by atoms with Crippen molar-refractivity contribution in [2.45, 2.75) is 23.5 Å². The van der Waals surface area contributed by atoms with Crippen LogP contribution in [0.5, 0.6) is 0 Å². The highest BCUT2D eigenvalue weighted by Crippen LogP contribution is 2.45. The minimum Gasteiger partial charge on any atom is -0.393 e. The third kappa shape index (κ3) is 2.29. The molecule has 4 atom stereocenters. The molecule has 128 valence electrons. The summed E-state index contributed by atoms with van der Waals surface area (Å²) in [6.07, 6.45) is -1.55. The number of aromatic nitrogens is 2. The molecule has 2 rings (SSSR count). The van der Waals surface area contributed by atoms with Crippen LogP contribution < -0.4 is 17.2 Å². The summed E-state index contributed by atoms with van der Waals surface area (Å²) in [4.78, 5) is 27.3. The molecule has 0 aliphatic carbocycles. The fourth-order valence-corrected chi connectivity index (χ4v) is 2.71. The van der Waals surface area contributed by atoms with Gasteiger partial charge in [0, 0.05) is 13.3 Å². The molecule has 1 saturated heterocycles. The van der Waals surface area contributed by atoms with E-state index in [1.54, 1.807) is 0 Å². The van der Waals surface area contributed by atoms with Crippen molar-refractivity contribution in [3.8, 4) is 0 Å². The number of anilines is 1. The normalized spacial score (nSPS) is 33.7. The highest BCUT2D eigenvalue weighted by Gasteiger charge is 2.69. The molecule has 0 bridgehead atoms. The standard InChI is InChI=1S/C12H18N4O7/c1-22-7-8(16-3-2-6(13)15-10(16)20)23-12(5-18,9(14)19)11(7,21)4-17/h2-3,7-8,17-18,21H,4-5H2,1H3,(H2,14,19)(H2,13,15,20)/t7-,8+,11-,12-/m0/s1. The Bertz CT molecular complexity index is 665. The highest BCUT2D eigenvalue weighted by molar-refractivity contribution is 5.86. The van der Waals surface area contributed by atoms with E-state index in [-0.39, 0.29) is 5.82 Å². The molecular formula is C12H18N4O7. The Kier molecular flexibility index (Phi) is 4.41. The van der Waals surface area contributed by atoms with Crippen LogP contribution in [-0.2, 0) is 14.3 Å². The summed E-state index contributed by atoms with van der Waals surface area (Å²) in [6, 6.07) is 1.29. The fraction of sp³-hybridized carbons (Fsp3) is 0.583. The van der Waals surface area contributed by atoms with Crippen molar-refractivity contribution < 1.29 is 29.6 Å². The van der Waals surface area contributed by atoms with Crippen molar-refractivity contribution in [3.63, 3.8) is 0 Å². The van der Waals surface area contributed by atoms with Gasteiger partial charge in [-0.15, -0.1) is 0 Å². The van der Waals surface area contributed by atoms with Gasteiger partial charge in [0.25, 0.3) is 5.91 Å². The van der Waals surface area contributed by atoms with E-state index in [0.717, 1.165) is 4.57 Å². The molecule has 7 N–H and O–H groups in total. The maximum atomic E-state index is 12.0. The van der Waals surface area contributed by atoms with Gasteiger partial charge in [-0.1, -0.05) is 0 Å². The number of hydrogen-bond donors (Lipinski definition) is 5. The van der Waals surface area contributed by atoms with Crippen LogP contribution in [0, 0.1) is 0 Å². The van der Waals surface area contributed by atoms with Gasteiger partial charge in [-0.2, -0.15) is 4.98 Å². The van der Waals surface area contributed by atoms with E-state index in [2.05, 4.69) is 4.98 Å². The second-order valence-corrected chi connectivity index (χ2v) is 5.14. The number of hydrogen-bond acceptors (Lipinski definition) is 9. The molecule has 0 radical (unpaired) electrons. The SMILES string of the molecule is CO[C@H]1[C@H](n2ccc(N)nc2=O)O[C@@](CO)(C(N)=O)[C@]1(O)CO. The zero-order chi connectivity index (χ0) is 17.4. The smallest absolute Gasteiger partial charge is 0.351 e. The number of amides is 1. The van der Waals surface area contributed by atoms with Crippen LogP contribution in [0.1, 0.15) is 6.23 Å². The number of carbonyl (C=O) groups is 1. The van der Waals surface area contributed by atoms with Crippen molar-refractivity contribution in [2.75, 3.05) is 26.1 Å². The molecule has 0 spiro atoms. The number of methoxy groups -OCH3 is 1. The summed E-state index contributed by atoms with van der Waals surface area (Å²) in [6.45, 7) is -2.05. The maximum Gasteiger partial charge on any atom is 0.351 e. The molecule has 11 heteroatoms. The maximum absolute atomic E-state index is 12.0. The number of aliphatic hydroxyl groups is 3. The lowest BCUT2D eigenvalue weighted by atomic mass is 9.81. The van der Waals surface area contributed by atoms with Crippen LogP contribution >= 0.6 is 0 Å². The predicted molar refractivity (Wildman–Crippen MR) is 74.9 cm³/mol. The van der Waals surface area contributed by atoms with E-state index in [0.29, 0.717) is 0 Å². The molecule has 23 heavy (non-hydrogen) atoms. The number of carbonyl (C=O) groups excluding carboxylic acids is 1. The first-order valence-corrected chi connectivity index (χ1v) is 6.56. The van der Waals surface area contributed by atoms with Gasteiger partial charge in [0.1, 0.15) is 11.9 Å². The topological polar surface area (TPSA) is 183 Å². The molecule has 2 heterocycles. The Morgan fingerprint density at radius 1 is 1.52 bits per heavy atom. The van der Waals surface area contributed by atoms with E-state index >= 15 is 0 Å².